The molecule has 100 valence electrons. The molecule has 0 aliphatic rings. The first-order valence-corrected chi connectivity index (χ1v) is 6.54. The fourth-order valence-electron chi connectivity index (χ4n) is 2.32. The van der Waals surface area contributed by atoms with E-state index < -0.39 is 0 Å². The highest BCUT2D eigenvalue weighted by Gasteiger charge is 2.29. The molecule has 0 saturated carbocycles. The maximum absolute atomic E-state index is 11.7. The van der Waals surface area contributed by atoms with Crippen LogP contribution in [-0.2, 0) is 4.79 Å². The van der Waals surface area contributed by atoms with Gasteiger partial charge >= 0.3 is 0 Å². The molecule has 18 heavy (non-hydrogen) atoms. The van der Waals surface area contributed by atoms with E-state index in [0.29, 0.717) is 6.42 Å². The number of carbonyl (C=O) groups is 1. The lowest BCUT2D eigenvalue weighted by Gasteiger charge is -2.32. The van der Waals surface area contributed by atoms with E-state index in [-0.39, 0.29) is 17.2 Å². The summed E-state index contributed by atoms with van der Waals surface area (Å²) in [7, 11) is 1.70. The van der Waals surface area contributed by atoms with Gasteiger partial charge in [0, 0.05) is 13.5 Å². The highest BCUT2D eigenvalue weighted by Crippen LogP contribution is 2.39. The molecule has 1 atom stereocenters. The molecule has 0 fully saturated rings. The van der Waals surface area contributed by atoms with Gasteiger partial charge in [0.1, 0.15) is 0 Å². The molecule has 1 aromatic carbocycles. The van der Waals surface area contributed by atoms with Crippen LogP contribution in [-0.4, -0.2) is 13.0 Å². The van der Waals surface area contributed by atoms with Gasteiger partial charge in [0.05, 0.1) is 0 Å². The van der Waals surface area contributed by atoms with Gasteiger partial charge in [-0.25, -0.2) is 0 Å². The van der Waals surface area contributed by atoms with Crippen molar-refractivity contribution in [1.29, 1.82) is 0 Å². The van der Waals surface area contributed by atoms with Crippen LogP contribution in [0.1, 0.15) is 49.8 Å². The van der Waals surface area contributed by atoms with E-state index in [9.17, 15) is 4.79 Å². The Balaban J connectivity index is 3.18. The number of amides is 1. The number of nitrogens with one attached hydrogen (secondary N) is 1. The summed E-state index contributed by atoms with van der Waals surface area (Å²) in [6, 6.07) is 6.36. The SMILES string of the molecule is CNC(=O)CC(c1cccc(C)c1C)C(C)(C)C. The third-order valence-electron chi connectivity index (χ3n) is 3.74. The third-order valence-corrected chi connectivity index (χ3v) is 3.74. The van der Waals surface area contributed by atoms with E-state index in [1.165, 1.54) is 16.7 Å². The minimum atomic E-state index is 0.0745. The number of benzene rings is 1. The normalized spacial score (nSPS) is 13.2. The summed E-state index contributed by atoms with van der Waals surface area (Å²) in [6.07, 6.45) is 0.546. The number of hydrogen-bond donors (Lipinski definition) is 1. The zero-order chi connectivity index (χ0) is 13.9. The van der Waals surface area contributed by atoms with Gasteiger partial charge in [0.2, 0.25) is 5.91 Å². The van der Waals surface area contributed by atoms with E-state index in [2.05, 4.69) is 58.1 Å². The van der Waals surface area contributed by atoms with E-state index >= 15 is 0 Å². The second kappa shape index (κ2) is 5.55. The average molecular weight is 247 g/mol. The lowest BCUT2D eigenvalue weighted by atomic mass is 9.73. The van der Waals surface area contributed by atoms with Gasteiger partial charge in [-0.15, -0.1) is 0 Å². The fourth-order valence-corrected chi connectivity index (χ4v) is 2.32. The molecule has 0 spiro atoms. The molecule has 0 saturated heterocycles. The van der Waals surface area contributed by atoms with E-state index in [1.807, 2.05) is 0 Å². The smallest absolute Gasteiger partial charge is 0.220 e. The summed E-state index contributed by atoms with van der Waals surface area (Å²) in [6.45, 7) is 10.9. The standard InChI is InChI=1S/C16H25NO/c1-11-8-7-9-13(12(11)2)14(16(3,4)5)10-15(18)17-6/h7-9,14H,10H2,1-6H3,(H,17,18). The molecule has 0 aliphatic carbocycles. The molecule has 0 radical (unpaired) electrons. The Morgan fingerprint density at radius 3 is 2.39 bits per heavy atom. The minimum absolute atomic E-state index is 0.0745. The Morgan fingerprint density at radius 1 is 1.28 bits per heavy atom. The quantitative estimate of drug-likeness (QED) is 0.869. The van der Waals surface area contributed by atoms with Crippen molar-refractivity contribution in [3.05, 3.63) is 34.9 Å². The van der Waals surface area contributed by atoms with Crippen molar-refractivity contribution in [2.24, 2.45) is 5.41 Å². The predicted molar refractivity (Wildman–Crippen MR) is 76.8 cm³/mol. The zero-order valence-electron chi connectivity index (χ0n) is 12.4. The maximum atomic E-state index is 11.7. The van der Waals surface area contributed by atoms with E-state index in [4.69, 9.17) is 0 Å². The van der Waals surface area contributed by atoms with Crippen LogP contribution < -0.4 is 5.32 Å². The van der Waals surface area contributed by atoms with Gasteiger partial charge in [-0.2, -0.15) is 0 Å². The molecule has 2 nitrogen and oxygen atoms in total. The number of rotatable bonds is 3. The largest absolute Gasteiger partial charge is 0.359 e. The van der Waals surface area contributed by atoms with Crippen molar-refractivity contribution in [3.8, 4) is 0 Å². The van der Waals surface area contributed by atoms with Gasteiger partial charge in [0.25, 0.3) is 0 Å². The molecule has 0 aromatic heterocycles. The van der Waals surface area contributed by atoms with Crippen LogP contribution in [0.4, 0.5) is 0 Å². The van der Waals surface area contributed by atoms with Crippen LogP contribution in [0.2, 0.25) is 0 Å². The molecule has 1 amide bonds. The highest BCUT2D eigenvalue weighted by atomic mass is 16.1. The van der Waals surface area contributed by atoms with Gasteiger partial charge in [0.15, 0.2) is 0 Å². The second-order valence-electron chi connectivity index (χ2n) is 6.09. The fraction of sp³-hybridized carbons (Fsp3) is 0.562. The maximum Gasteiger partial charge on any atom is 0.220 e. The van der Waals surface area contributed by atoms with Gasteiger partial charge in [-0.05, 0) is 41.9 Å². The minimum Gasteiger partial charge on any atom is -0.359 e. The highest BCUT2D eigenvalue weighted by molar-refractivity contribution is 5.76. The van der Waals surface area contributed by atoms with E-state index in [1.54, 1.807) is 7.05 Å². The predicted octanol–water partition coefficient (Wildman–Crippen LogP) is 3.57. The molecule has 1 unspecified atom stereocenters. The molecule has 1 rings (SSSR count). The van der Waals surface area contributed by atoms with Crippen LogP contribution in [0, 0.1) is 19.3 Å². The van der Waals surface area contributed by atoms with Crippen molar-refractivity contribution in [1.82, 2.24) is 5.32 Å². The Labute approximate surface area is 111 Å². The average Bonchev–Trinajstić information content (AvgIpc) is 2.28. The van der Waals surface area contributed by atoms with Crippen molar-refractivity contribution >= 4 is 5.91 Å². The number of hydrogen-bond acceptors (Lipinski definition) is 1. The summed E-state index contributed by atoms with van der Waals surface area (Å²) in [5.41, 5.74) is 3.97. The summed E-state index contributed by atoms with van der Waals surface area (Å²) in [5.74, 6) is 0.355. The summed E-state index contributed by atoms with van der Waals surface area (Å²) in [5, 5.41) is 2.73. The number of aryl methyl sites for hydroxylation is 1. The first-order valence-electron chi connectivity index (χ1n) is 6.54. The van der Waals surface area contributed by atoms with Gasteiger partial charge in [-0.1, -0.05) is 39.0 Å². The Kier molecular flexibility index (Phi) is 4.55. The van der Waals surface area contributed by atoms with Crippen LogP contribution in [0.25, 0.3) is 0 Å². The monoisotopic (exact) mass is 247 g/mol. The third kappa shape index (κ3) is 3.34. The zero-order valence-corrected chi connectivity index (χ0v) is 12.4. The van der Waals surface area contributed by atoms with Gasteiger partial charge in [-0.3, -0.25) is 4.79 Å². The van der Waals surface area contributed by atoms with Crippen LogP contribution >= 0.6 is 0 Å². The lowest BCUT2D eigenvalue weighted by Crippen LogP contribution is -2.27. The first-order chi connectivity index (χ1) is 8.27. The molecule has 0 bridgehead atoms. The topological polar surface area (TPSA) is 29.1 Å². The van der Waals surface area contributed by atoms with Crippen molar-refractivity contribution in [2.75, 3.05) is 7.05 Å². The molecule has 1 aromatic rings. The summed E-state index contributed by atoms with van der Waals surface area (Å²) >= 11 is 0. The lowest BCUT2D eigenvalue weighted by molar-refractivity contribution is -0.121. The van der Waals surface area contributed by atoms with E-state index in [0.717, 1.165) is 0 Å². The van der Waals surface area contributed by atoms with Crippen LogP contribution in [0.3, 0.4) is 0 Å². The van der Waals surface area contributed by atoms with Crippen molar-refractivity contribution < 1.29 is 4.79 Å². The molecule has 0 aliphatic heterocycles. The first kappa shape index (κ1) is 14.7. The molecular formula is C16H25NO. The Morgan fingerprint density at radius 2 is 1.89 bits per heavy atom. The molecule has 1 N–H and O–H groups in total. The van der Waals surface area contributed by atoms with Gasteiger partial charge < -0.3 is 5.32 Å². The van der Waals surface area contributed by atoms with Crippen molar-refractivity contribution in [3.63, 3.8) is 0 Å². The molecule has 2 heteroatoms. The van der Waals surface area contributed by atoms with Crippen LogP contribution in [0.5, 0.6) is 0 Å². The Hall–Kier alpha value is -1.31. The summed E-state index contributed by atoms with van der Waals surface area (Å²) in [4.78, 5) is 11.7. The molecule has 0 heterocycles. The Bertz CT molecular complexity index is 429. The van der Waals surface area contributed by atoms with Crippen LogP contribution in [0.15, 0.2) is 18.2 Å². The number of carbonyl (C=O) groups excluding carboxylic acids is 1. The summed E-state index contributed by atoms with van der Waals surface area (Å²) < 4.78 is 0. The van der Waals surface area contributed by atoms with Crippen molar-refractivity contribution in [2.45, 2.75) is 47.0 Å². The molecular weight excluding hydrogens is 222 g/mol. The second-order valence-corrected chi connectivity index (χ2v) is 6.09.